The summed E-state index contributed by atoms with van der Waals surface area (Å²) in [5.74, 6) is 0. The lowest BCUT2D eigenvalue weighted by molar-refractivity contribution is 0.0609. The van der Waals surface area contributed by atoms with Gasteiger partial charge in [-0.15, -0.1) is 0 Å². The van der Waals surface area contributed by atoms with E-state index in [2.05, 4.69) is 10.5 Å². The Morgan fingerprint density at radius 2 is 2.00 bits per heavy atom. The van der Waals surface area contributed by atoms with E-state index in [1.807, 2.05) is 42.5 Å². The number of rotatable bonds is 1. The van der Waals surface area contributed by atoms with Crippen LogP contribution in [0.2, 0.25) is 0 Å². The maximum atomic E-state index is 11.5. The summed E-state index contributed by atoms with van der Waals surface area (Å²) in [6.07, 6.45) is -0.502. The molecule has 0 bridgehead atoms. The van der Waals surface area contributed by atoms with Gasteiger partial charge in [0.1, 0.15) is 13.4 Å². The Bertz CT molecular complexity index is 407. The van der Waals surface area contributed by atoms with Crippen molar-refractivity contribution in [2.45, 2.75) is 40.2 Å². The van der Waals surface area contributed by atoms with Gasteiger partial charge in [-0.05, 0) is 40.1 Å². The molecule has 5 nitrogen and oxygen atoms in total. The molecule has 1 N–H and O–H groups in total. The number of carbonyl (C=O) groups is 1. The Morgan fingerprint density at radius 1 is 1.44 bits per heavy atom. The first-order chi connectivity index (χ1) is 7.20. The number of amides is 1. The number of nitrogens with one attached hydrogen (secondary N) is 1. The molecular weight excluding hydrogens is 205 g/mol. The van der Waals surface area contributed by atoms with Crippen molar-refractivity contribution < 1.29 is 9.53 Å². The van der Waals surface area contributed by atoms with Gasteiger partial charge < -0.3 is 4.74 Å². The molecule has 0 atom stereocenters. The molecule has 0 aliphatic carbocycles. The zero-order chi connectivity index (χ0) is 12.5. The molecule has 88 valence electrons. The van der Waals surface area contributed by atoms with Gasteiger partial charge in [-0.1, -0.05) is 0 Å². The van der Waals surface area contributed by atoms with E-state index < -0.39 is 11.7 Å². The monoisotopic (exact) mass is 223 g/mol. The molecule has 0 aromatic carbocycles. The number of nitrogens with zero attached hydrogens (tertiary/aromatic N) is 2. The first-order valence-corrected chi connectivity index (χ1v) is 5.23. The molecule has 0 aliphatic rings. The highest BCUT2D eigenvalue weighted by Gasteiger charge is 2.17. The molecule has 0 saturated heterocycles. The van der Waals surface area contributed by atoms with E-state index in [9.17, 15) is 4.79 Å². The van der Waals surface area contributed by atoms with Crippen LogP contribution in [0.1, 0.15) is 32.2 Å². The van der Waals surface area contributed by atoms with Gasteiger partial charge in [-0.3, -0.25) is 0 Å². The Labute approximate surface area is 96.5 Å². The van der Waals surface area contributed by atoms with Gasteiger partial charge >= 0.3 is 6.09 Å². The molecule has 0 unspecified atom stereocenters. The summed E-state index contributed by atoms with van der Waals surface area (Å²) in [6, 6.07) is 0. The van der Waals surface area contributed by atoms with Crippen molar-refractivity contribution in [3.05, 3.63) is 11.4 Å². The maximum Gasteiger partial charge on any atom is 0.428 e. The van der Waals surface area contributed by atoms with Gasteiger partial charge in [0, 0.05) is 0 Å². The number of hydrogen-bond acceptors (Lipinski definition) is 3. The summed E-state index contributed by atoms with van der Waals surface area (Å²) in [4.78, 5) is 12.9. The van der Waals surface area contributed by atoms with Gasteiger partial charge in [0.25, 0.3) is 0 Å². The average molecular weight is 223 g/mol. The quantitative estimate of drug-likeness (QED) is 0.693. The van der Waals surface area contributed by atoms with Crippen molar-refractivity contribution in [2.24, 2.45) is 0 Å². The van der Waals surface area contributed by atoms with E-state index in [0.717, 1.165) is 16.9 Å². The van der Waals surface area contributed by atoms with Gasteiger partial charge in [-0.25, -0.2) is 10.2 Å². The van der Waals surface area contributed by atoms with Crippen LogP contribution in [0, 0.1) is 13.8 Å². The van der Waals surface area contributed by atoms with Crippen LogP contribution in [0.4, 0.5) is 4.79 Å². The van der Waals surface area contributed by atoms with Crippen molar-refractivity contribution in [1.29, 1.82) is 0 Å². The molecule has 1 aromatic heterocycles. The molecule has 0 fully saturated rings. The number of carbonyl (C=O) groups excluding carboxylic acids is 1. The highest BCUT2D eigenvalue weighted by Crippen LogP contribution is 2.07. The van der Waals surface area contributed by atoms with Gasteiger partial charge in [0.05, 0.1) is 11.4 Å². The highest BCUT2D eigenvalue weighted by molar-refractivity contribution is 6.33. The third kappa shape index (κ3) is 3.02. The summed E-state index contributed by atoms with van der Waals surface area (Å²) in [5.41, 5.74) is 4.94. The van der Waals surface area contributed by atoms with Gasteiger partial charge in [0.2, 0.25) is 0 Å². The zero-order valence-electron chi connectivity index (χ0n) is 10.7. The lowest BCUT2D eigenvalue weighted by Gasteiger charge is -2.19. The van der Waals surface area contributed by atoms with Crippen LogP contribution in [0.5, 0.6) is 0 Å². The standard InChI is InChI=1S/C10H18BN3O2/c1-6-8(11)7(2)14(12-6)13-9(15)16-10(3,4)5/h11H2,1-5H3,(H,13,15). The highest BCUT2D eigenvalue weighted by atomic mass is 16.6. The number of aryl methyl sites for hydroxylation is 1. The second-order valence-electron chi connectivity index (χ2n) is 4.82. The molecule has 0 saturated carbocycles. The smallest absolute Gasteiger partial charge is 0.428 e. The number of aromatic nitrogens is 2. The number of hydrogen-bond donors (Lipinski definition) is 1. The van der Waals surface area contributed by atoms with Gasteiger partial charge in [-0.2, -0.15) is 9.89 Å². The molecule has 1 amide bonds. The summed E-state index contributed by atoms with van der Waals surface area (Å²) >= 11 is 0. The minimum absolute atomic E-state index is 0.502. The minimum Gasteiger partial charge on any atom is -0.443 e. The van der Waals surface area contributed by atoms with Crippen molar-refractivity contribution in [3.8, 4) is 0 Å². The zero-order valence-corrected chi connectivity index (χ0v) is 10.7. The van der Waals surface area contributed by atoms with E-state index in [0.29, 0.717) is 0 Å². The van der Waals surface area contributed by atoms with Crippen molar-refractivity contribution in [2.75, 3.05) is 5.43 Å². The van der Waals surface area contributed by atoms with E-state index >= 15 is 0 Å². The summed E-state index contributed by atoms with van der Waals surface area (Å²) in [6.45, 7) is 9.25. The molecule has 0 spiro atoms. The largest absolute Gasteiger partial charge is 0.443 e. The predicted octanol–water partition coefficient (Wildman–Crippen LogP) is 0.237. The molecule has 0 aliphatic heterocycles. The summed E-state index contributed by atoms with van der Waals surface area (Å²) < 4.78 is 5.13. The fraction of sp³-hybridized carbons (Fsp3) is 0.600. The van der Waals surface area contributed by atoms with Crippen molar-refractivity contribution in [3.63, 3.8) is 0 Å². The minimum atomic E-state index is -0.505. The summed E-state index contributed by atoms with van der Waals surface area (Å²) in [7, 11) is 1.96. The van der Waals surface area contributed by atoms with Crippen LogP contribution in [-0.4, -0.2) is 29.4 Å². The molecular formula is C10H18BN3O2. The fourth-order valence-electron chi connectivity index (χ4n) is 1.22. The Morgan fingerprint density at radius 3 is 2.38 bits per heavy atom. The van der Waals surface area contributed by atoms with Crippen LogP contribution in [0.3, 0.4) is 0 Å². The second kappa shape index (κ2) is 4.19. The molecule has 1 rings (SSSR count). The number of ether oxygens (including phenoxy) is 1. The molecule has 16 heavy (non-hydrogen) atoms. The Kier molecular flexibility index (Phi) is 3.31. The van der Waals surface area contributed by atoms with Crippen LogP contribution in [0.15, 0.2) is 0 Å². The van der Waals surface area contributed by atoms with E-state index in [1.165, 1.54) is 4.79 Å². The molecule has 1 heterocycles. The SMILES string of the molecule is Bc1c(C)nn(NC(=O)OC(C)(C)C)c1C. The van der Waals surface area contributed by atoms with Crippen molar-refractivity contribution >= 4 is 19.4 Å². The lowest BCUT2D eigenvalue weighted by Crippen LogP contribution is -2.33. The van der Waals surface area contributed by atoms with Gasteiger partial charge in [0.15, 0.2) is 0 Å². The topological polar surface area (TPSA) is 56.2 Å². The summed E-state index contributed by atoms with van der Waals surface area (Å²) in [5, 5.41) is 4.18. The predicted molar refractivity (Wildman–Crippen MR) is 65.5 cm³/mol. The third-order valence-electron chi connectivity index (χ3n) is 2.25. The average Bonchev–Trinajstić information content (AvgIpc) is 2.30. The molecule has 6 heteroatoms. The maximum absolute atomic E-state index is 11.5. The van der Waals surface area contributed by atoms with Crippen LogP contribution < -0.4 is 10.9 Å². The van der Waals surface area contributed by atoms with Crippen LogP contribution >= 0.6 is 0 Å². The molecule has 0 radical (unpaired) electrons. The van der Waals surface area contributed by atoms with E-state index in [4.69, 9.17) is 4.74 Å². The Hall–Kier alpha value is -1.46. The normalized spacial score (nSPS) is 11.3. The van der Waals surface area contributed by atoms with Crippen LogP contribution in [0.25, 0.3) is 0 Å². The van der Waals surface area contributed by atoms with Crippen LogP contribution in [-0.2, 0) is 4.74 Å². The van der Waals surface area contributed by atoms with Crippen molar-refractivity contribution in [1.82, 2.24) is 9.89 Å². The van der Waals surface area contributed by atoms with E-state index in [1.54, 1.807) is 0 Å². The first-order valence-electron chi connectivity index (χ1n) is 5.23. The van der Waals surface area contributed by atoms with E-state index in [-0.39, 0.29) is 0 Å². The third-order valence-corrected chi connectivity index (χ3v) is 2.25. The Balaban J connectivity index is 2.74. The molecule has 1 aromatic rings. The fourth-order valence-corrected chi connectivity index (χ4v) is 1.22. The first kappa shape index (κ1) is 12.6. The lowest BCUT2D eigenvalue weighted by atomic mass is 9.94. The second-order valence-corrected chi connectivity index (χ2v) is 4.82.